The van der Waals surface area contributed by atoms with Crippen molar-refractivity contribution < 1.29 is 46.5 Å². The third-order valence-corrected chi connectivity index (χ3v) is 10.7. The number of ketones is 1. The zero-order chi connectivity index (χ0) is 32.5. The average molecular weight is 630 g/mol. The lowest BCUT2D eigenvalue weighted by Gasteiger charge is -2.56. The van der Waals surface area contributed by atoms with Gasteiger partial charge in [0.2, 0.25) is 0 Å². The highest BCUT2D eigenvalue weighted by Gasteiger charge is 2.79. The molecule has 4 aliphatic rings. The van der Waals surface area contributed by atoms with Gasteiger partial charge >= 0.3 is 18.1 Å². The molecule has 0 bridgehead atoms. The Morgan fingerprint density at radius 3 is 2.33 bits per heavy atom. The van der Waals surface area contributed by atoms with E-state index in [9.17, 15) is 37.8 Å². The Bertz CT molecular complexity index is 1640. The van der Waals surface area contributed by atoms with Crippen LogP contribution in [0.1, 0.15) is 84.1 Å². The van der Waals surface area contributed by atoms with Gasteiger partial charge in [-0.3, -0.25) is 9.59 Å². The second-order valence-corrected chi connectivity index (χ2v) is 12.9. The molecule has 2 fully saturated rings. The first-order valence-electron chi connectivity index (χ1n) is 15.0. The van der Waals surface area contributed by atoms with E-state index in [1.807, 2.05) is 0 Å². The number of halogens is 5. The predicted octanol–water partition coefficient (Wildman–Crippen LogP) is 7.47. The molecule has 6 nitrogen and oxygen atoms in total. The summed E-state index contributed by atoms with van der Waals surface area (Å²) in [5.74, 6) is -8.59. The number of anilines is 1. The molecule has 0 radical (unpaired) electrons. The molecule has 2 aromatic rings. The van der Waals surface area contributed by atoms with Crippen LogP contribution in [0, 0.1) is 17.3 Å². The van der Waals surface area contributed by atoms with Gasteiger partial charge in [0, 0.05) is 29.0 Å². The number of carboxylic acids is 1. The van der Waals surface area contributed by atoms with Gasteiger partial charge in [-0.1, -0.05) is 30.7 Å². The molecule has 5 atom stereocenters. The minimum absolute atomic E-state index is 0.00526. The first-order chi connectivity index (χ1) is 21.1. The number of carboxylic acid groups (broad SMARTS) is 1. The Morgan fingerprint density at radius 1 is 0.956 bits per heavy atom. The van der Waals surface area contributed by atoms with Crippen LogP contribution in [0.25, 0.3) is 0 Å². The Labute approximate surface area is 256 Å². The second kappa shape index (κ2) is 10.6. The molecule has 1 amide bonds. The van der Waals surface area contributed by atoms with Gasteiger partial charge in [-0.2, -0.15) is 22.0 Å². The molecule has 0 heterocycles. The topological polar surface area (TPSA) is 104 Å². The van der Waals surface area contributed by atoms with Crippen molar-refractivity contribution in [3.8, 4) is 0 Å². The second-order valence-electron chi connectivity index (χ2n) is 12.9. The van der Waals surface area contributed by atoms with Crippen LogP contribution in [-0.4, -0.2) is 45.6 Å². The number of carbonyl (C=O) groups is 3. The molecule has 0 aliphatic heterocycles. The smallest absolute Gasteiger partial charge is 0.456 e. The van der Waals surface area contributed by atoms with Crippen molar-refractivity contribution in [2.45, 2.75) is 75.5 Å². The summed E-state index contributed by atoms with van der Waals surface area (Å²) in [7, 11) is 0. The van der Waals surface area contributed by atoms with Gasteiger partial charge < -0.3 is 15.5 Å². The lowest BCUT2D eigenvalue weighted by Crippen LogP contribution is -2.65. The lowest BCUT2D eigenvalue weighted by molar-refractivity contribution is -0.362. The predicted molar refractivity (Wildman–Crippen MR) is 154 cm³/mol. The van der Waals surface area contributed by atoms with E-state index in [1.165, 1.54) is 43.3 Å². The van der Waals surface area contributed by atoms with Gasteiger partial charge in [-0.05, 0) is 103 Å². The van der Waals surface area contributed by atoms with Gasteiger partial charge in [-0.25, -0.2) is 4.79 Å². The summed E-state index contributed by atoms with van der Waals surface area (Å²) in [6, 6.07) is 12.0. The van der Waals surface area contributed by atoms with Crippen molar-refractivity contribution in [3.63, 3.8) is 0 Å². The van der Waals surface area contributed by atoms with Crippen molar-refractivity contribution >= 4 is 23.3 Å². The molecule has 6 rings (SSSR count). The van der Waals surface area contributed by atoms with E-state index in [1.54, 1.807) is 18.2 Å². The average Bonchev–Trinajstić information content (AvgIpc) is 3.27. The Morgan fingerprint density at radius 2 is 1.67 bits per heavy atom. The third kappa shape index (κ3) is 4.81. The molecular formula is C34H32F5NO5. The number of amides is 1. The van der Waals surface area contributed by atoms with Gasteiger partial charge in [-0.15, -0.1) is 0 Å². The molecule has 3 N–H and O–H groups in total. The Balaban J connectivity index is 1.39. The van der Waals surface area contributed by atoms with Crippen LogP contribution < -0.4 is 5.32 Å². The van der Waals surface area contributed by atoms with Crippen LogP contribution in [0.2, 0.25) is 0 Å². The molecule has 0 saturated heterocycles. The number of allylic oxidation sites excluding steroid dienone is 4. The highest BCUT2D eigenvalue weighted by molar-refractivity contribution is 6.04. The minimum Gasteiger partial charge on any atom is -0.478 e. The van der Waals surface area contributed by atoms with E-state index in [2.05, 4.69) is 5.32 Å². The molecule has 45 heavy (non-hydrogen) atoms. The third-order valence-electron chi connectivity index (χ3n) is 10.7. The van der Waals surface area contributed by atoms with Gasteiger partial charge in [0.1, 0.15) is 5.60 Å². The number of rotatable bonds is 5. The summed E-state index contributed by atoms with van der Waals surface area (Å²) < 4.78 is 71.7. The van der Waals surface area contributed by atoms with Crippen LogP contribution in [0.5, 0.6) is 0 Å². The maximum absolute atomic E-state index is 15.2. The zero-order valence-electron chi connectivity index (χ0n) is 24.4. The van der Waals surface area contributed by atoms with Crippen LogP contribution in [0.15, 0.2) is 71.3 Å². The standard InChI is InChI=1S/C34H32F5NO5/c1-31-17-26(18-5-7-19(8-6-18)29(42)40-22-4-2-3-21(15-22)30(43)44)28-24-12-10-23(41)16-20(24)9-11-25(28)27(31)13-14-32(31,45)33(35,36)34(37,38)39/h2-8,15-16,25-27,45H,9-14,17H2,1H3,(H,40,42)(H,43,44)/t25?,26-,27?,31+,32-/m1/s1. The summed E-state index contributed by atoms with van der Waals surface area (Å²) in [4.78, 5) is 36.5. The molecule has 238 valence electrons. The number of fused-ring (bicyclic) bond motifs is 4. The number of nitrogens with one attached hydrogen (secondary N) is 1. The minimum atomic E-state index is -5.93. The highest BCUT2D eigenvalue weighted by atomic mass is 19.4. The molecule has 0 spiro atoms. The van der Waals surface area contributed by atoms with E-state index >= 15 is 8.78 Å². The van der Waals surface area contributed by atoms with Crippen molar-refractivity contribution in [2.75, 3.05) is 5.32 Å². The fraction of sp³-hybridized carbons (Fsp3) is 0.441. The zero-order valence-corrected chi connectivity index (χ0v) is 24.4. The molecule has 0 aromatic heterocycles. The summed E-state index contributed by atoms with van der Waals surface area (Å²) in [5, 5.41) is 23.3. The van der Waals surface area contributed by atoms with Crippen LogP contribution >= 0.6 is 0 Å². The molecule has 2 unspecified atom stereocenters. The Kier molecular flexibility index (Phi) is 7.34. The maximum Gasteiger partial charge on any atom is 0.456 e. The van der Waals surface area contributed by atoms with Crippen LogP contribution in [0.3, 0.4) is 0 Å². The number of benzene rings is 2. The van der Waals surface area contributed by atoms with Crippen molar-refractivity contribution in [3.05, 3.63) is 88.0 Å². The number of hydrogen-bond acceptors (Lipinski definition) is 4. The number of hydrogen-bond donors (Lipinski definition) is 3. The quantitative estimate of drug-likeness (QED) is 0.298. The van der Waals surface area contributed by atoms with E-state index in [0.29, 0.717) is 24.8 Å². The first-order valence-corrected chi connectivity index (χ1v) is 15.0. The highest BCUT2D eigenvalue weighted by Crippen LogP contribution is 2.70. The van der Waals surface area contributed by atoms with Crippen molar-refractivity contribution in [1.29, 1.82) is 0 Å². The maximum atomic E-state index is 15.2. The van der Waals surface area contributed by atoms with Crippen molar-refractivity contribution in [2.24, 2.45) is 17.3 Å². The summed E-state index contributed by atoms with van der Waals surface area (Å²) in [6.07, 6.45) is -3.44. The fourth-order valence-corrected chi connectivity index (χ4v) is 8.51. The molecule has 4 aliphatic carbocycles. The molecular weight excluding hydrogens is 597 g/mol. The van der Waals surface area contributed by atoms with E-state index < -0.39 is 53.2 Å². The number of alkyl halides is 5. The van der Waals surface area contributed by atoms with E-state index in [-0.39, 0.29) is 47.8 Å². The van der Waals surface area contributed by atoms with Crippen molar-refractivity contribution in [1.82, 2.24) is 0 Å². The summed E-state index contributed by atoms with van der Waals surface area (Å²) in [5.41, 5.74) is -1.23. The first kappa shape index (κ1) is 31.1. The van der Waals surface area contributed by atoms with Crippen LogP contribution in [0.4, 0.5) is 27.6 Å². The largest absolute Gasteiger partial charge is 0.478 e. The van der Waals surface area contributed by atoms with Gasteiger partial charge in [0.15, 0.2) is 5.78 Å². The van der Waals surface area contributed by atoms with Gasteiger partial charge in [0.25, 0.3) is 5.91 Å². The normalized spacial score (nSPS) is 29.8. The fourth-order valence-electron chi connectivity index (χ4n) is 8.51. The number of aliphatic hydroxyl groups is 1. The summed E-state index contributed by atoms with van der Waals surface area (Å²) in [6.45, 7) is 1.36. The number of carbonyl (C=O) groups excluding carboxylic acids is 2. The van der Waals surface area contributed by atoms with E-state index in [0.717, 1.165) is 16.7 Å². The molecule has 2 saturated carbocycles. The van der Waals surface area contributed by atoms with Gasteiger partial charge in [0.05, 0.1) is 5.56 Å². The lowest BCUT2D eigenvalue weighted by atomic mass is 9.50. The van der Waals surface area contributed by atoms with Crippen LogP contribution in [-0.2, 0) is 4.79 Å². The SMILES string of the molecule is C[C@]12C[C@H](c3ccc(C(=O)Nc4cccc(C(=O)O)c4)cc3)C3=C4CCC(=O)C=C4CCC3C1CC[C@]2(O)C(F)(F)C(F)(F)F. The number of aromatic carboxylic acids is 1. The Hall–Kier alpha value is -3.86. The molecule has 2 aromatic carbocycles. The molecule has 11 heteroatoms. The monoisotopic (exact) mass is 629 g/mol. The summed E-state index contributed by atoms with van der Waals surface area (Å²) >= 11 is 0. The van der Waals surface area contributed by atoms with E-state index in [4.69, 9.17) is 0 Å².